The van der Waals surface area contributed by atoms with Gasteiger partial charge in [-0.3, -0.25) is 4.57 Å². The summed E-state index contributed by atoms with van der Waals surface area (Å²) in [6.07, 6.45) is 0.0911. The van der Waals surface area contributed by atoms with Crippen LogP contribution in [0.25, 0.3) is 10.9 Å². The molecule has 156 valence electrons. The molecule has 28 heavy (non-hydrogen) atoms. The van der Waals surface area contributed by atoms with E-state index in [-0.39, 0.29) is 0 Å². The van der Waals surface area contributed by atoms with Crippen LogP contribution in [-0.4, -0.2) is 61.0 Å². The van der Waals surface area contributed by atoms with Gasteiger partial charge in [-0.2, -0.15) is 0 Å². The first-order valence-corrected chi connectivity index (χ1v) is 9.40. The molecule has 0 spiro atoms. The number of hydrogen-bond acceptors (Lipinski definition) is 6. The zero-order valence-electron chi connectivity index (χ0n) is 17.9. The smallest absolute Gasteiger partial charge is 0.420 e. The molecule has 7 nitrogen and oxygen atoms in total. The maximum absolute atomic E-state index is 12.7. The van der Waals surface area contributed by atoms with E-state index >= 15 is 0 Å². The fraction of sp³-hybridized carbons (Fsp3) is 0.571. The summed E-state index contributed by atoms with van der Waals surface area (Å²) in [4.78, 5) is 14.8. The molecule has 0 saturated carbocycles. The van der Waals surface area contributed by atoms with Gasteiger partial charge in [-0.15, -0.1) is 0 Å². The highest BCUT2D eigenvalue weighted by Gasteiger charge is 2.26. The van der Waals surface area contributed by atoms with E-state index in [1.165, 1.54) is 4.57 Å². The molecule has 7 heteroatoms. The number of rotatable bonds is 7. The Balaban J connectivity index is 2.26. The van der Waals surface area contributed by atoms with Gasteiger partial charge in [0.25, 0.3) is 0 Å². The van der Waals surface area contributed by atoms with Crippen molar-refractivity contribution >= 4 is 17.0 Å². The number of carbonyl (C=O) groups excluding carboxylic acids is 1. The van der Waals surface area contributed by atoms with Gasteiger partial charge in [-0.1, -0.05) is 20.8 Å². The lowest BCUT2D eigenvalue weighted by Gasteiger charge is -2.28. The second-order valence-corrected chi connectivity index (χ2v) is 8.27. The second kappa shape index (κ2) is 8.94. The number of hydrogen-bond donors (Lipinski definition) is 1. The van der Waals surface area contributed by atoms with E-state index in [2.05, 4.69) is 4.90 Å². The van der Waals surface area contributed by atoms with Crippen LogP contribution in [0.15, 0.2) is 24.4 Å². The van der Waals surface area contributed by atoms with Gasteiger partial charge in [0.15, 0.2) is 6.29 Å². The first-order valence-electron chi connectivity index (χ1n) is 9.40. The monoisotopic (exact) mass is 392 g/mol. The van der Waals surface area contributed by atoms with Gasteiger partial charge < -0.3 is 24.2 Å². The van der Waals surface area contributed by atoms with E-state index in [1.54, 1.807) is 20.2 Å². The normalized spacial score (nSPS) is 14.3. The number of aliphatic hydroxyl groups is 1. The molecular weight excluding hydrogens is 360 g/mol. The van der Waals surface area contributed by atoms with E-state index < -0.39 is 24.1 Å². The topological polar surface area (TPSA) is 73.2 Å². The zero-order chi connectivity index (χ0) is 21.1. The standard InChI is InChI=1S/C21H32N2O5/c1-14(27-19(24)21(2,3)4)28-20(25)23-13-15(10-11-22(5)6)17-12-16(26-7)8-9-18(17)23/h8-9,12-14,19,24H,10-11H2,1-7H3. The third-order valence-electron chi connectivity index (χ3n) is 4.45. The Morgan fingerprint density at radius 3 is 2.54 bits per heavy atom. The molecule has 0 aliphatic carbocycles. The Morgan fingerprint density at radius 1 is 1.29 bits per heavy atom. The maximum Gasteiger partial charge on any atom is 0.420 e. The minimum Gasteiger partial charge on any atom is -0.497 e. The number of methoxy groups -OCH3 is 1. The molecule has 2 atom stereocenters. The van der Waals surface area contributed by atoms with Crippen molar-refractivity contribution in [3.05, 3.63) is 30.0 Å². The second-order valence-electron chi connectivity index (χ2n) is 8.27. The molecule has 0 amide bonds. The molecule has 2 aromatic rings. The summed E-state index contributed by atoms with van der Waals surface area (Å²) in [5, 5.41) is 11.0. The molecule has 1 heterocycles. The van der Waals surface area contributed by atoms with Crippen molar-refractivity contribution < 1.29 is 24.1 Å². The van der Waals surface area contributed by atoms with Crippen LogP contribution in [0.5, 0.6) is 5.75 Å². The third-order valence-corrected chi connectivity index (χ3v) is 4.45. The number of carbonyl (C=O) groups is 1. The summed E-state index contributed by atoms with van der Waals surface area (Å²) in [6, 6.07) is 5.57. The Kier molecular flexibility index (Phi) is 7.09. The number of ether oxygens (including phenoxy) is 3. The maximum atomic E-state index is 12.7. The largest absolute Gasteiger partial charge is 0.497 e. The predicted molar refractivity (Wildman–Crippen MR) is 109 cm³/mol. The van der Waals surface area contributed by atoms with E-state index in [0.717, 1.165) is 35.2 Å². The van der Waals surface area contributed by atoms with Gasteiger partial charge in [0, 0.05) is 23.5 Å². The van der Waals surface area contributed by atoms with Crippen LogP contribution in [0.2, 0.25) is 0 Å². The summed E-state index contributed by atoms with van der Waals surface area (Å²) in [6.45, 7) is 7.97. The average molecular weight is 392 g/mol. The number of aliphatic hydroxyl groups excluding tert-OH is 1. The van der Waals surface area contributed by atoms with E-state index in [4.69, 9.17) is 14.2 Å². The van der Waals surface area contributed by atoms with Crippen molar-refractivity contribution in [2.75, 3.05) is 27.7 Å². The van der Waals surface area contributed by atoms with Crippen LogP contribution in [0.4, 0.5) is 4.79 Å². The van der Waals surface area contributed by atoms with Crippen molar-refractivity contribution in [3.63, 3.8) is 0 Å². The van der Waals surface area contributed by atoms with Crippen LogP contribution < -0.4 is 4.74 Å². The number of nitrogens with zero attached hydrogens (tertiary/aromatic N) is 2. The van der Waals surface area contributed by atoms with Crippen LogP contribution in [0.3, 0.4) is 0 Å². The molecule has 0 fully saturated rings. The van der Waals surface area contributed by atoms with Gasteiger partial charge in [-0.25, -0.2) is 4.79 Å². The molecule has 0 saturated heterocycles. The number of likely N-dealkylation sites (N-methyl/N-ethyl adjacent to an activating group) is 1. The minimum absolute atomic E-state index is 0.475. The third kappa shape index (κ3) is 5.47. The Labute approximate surface area is 166 Å². The predicted octanol–water partition coefficient (Wildman–Crippen LogP) is 3.47. The molecule has 0 radical (unpaired) electrons. The van der Waals surface area contributed by atoms with Crippen molar-refractivity contribution in [1.82, 2.24) is 9.47 Å². The Morgan fingerprint density at radius 2 is 1.96 bits per heavy atom. The molecular formula is C21H32N2O5. The van der Waals surface area contributed by atoms with Crippen LogP contribution >= 0.6 is 0 Å². The van der Waals surface area contributed by atoms with Gasteiger partial charge in [0.1, 0.15) is 5.75 Å². The van der Waals surface area contributed by atoms with Crippen LogP contribution in [0.1, 0.15) is 33.3 Å². The van der Waals surface area contributed by atoms with Gasteiger partial charge in [0.05, 0.1) is 12.6 Å². The molecule has 1 aromatic carbocycles. The summed E-state index contributed by atoms with van der Waals surface area (Å²) >= 11 is 0. The van der Waals surface area contributed by atoms with E-state index in [1.807, 2.05) is 53.1 Å². The van der Waals surface area contributed by atoms with Crippen LogP contribution in [0, 0.1) is 5.41 Å². The molecule has 2 unspecified atom stereocenters. The summed E-state index contributed by atoms with van der Waals surface area (Å²) < 4.78 is 17.6. The fourth-order valence-corrected chi connectivity index (χ4v) is 2.71. The first kappa shape index (κ1) is 22.2. The summed E-state index contributed by atoms with van der Waals surface area (Å²) in [5.74, 6) is 0.731. The van der Waals surface area contributed by atoms with Gasteiger partial charge >= 0.3 is 6.09 Å². The van der Waals surface area contributed by atoms with Gasteiger partial charge in [-0.05, 0) is 51.2 Å². The van der Waals surface area contributed by atoms with Gasteiger partial charge in [0.2, 0.25) is 6.29 Å². The van der Waals surface area contributed by atoms with Crippen molar-refractivity contribution in [3.8, 4) is 5.75 Å². The Hall–Kier alpha value is -2.09. The van der Waals surface area contributed by atoms with E-state index in [0.29, 0.717) is 0 Å². The minimum atomic E-state index is -1.04. The molecule has 1 aromatic heterocycles. The lowest BCUT2D eigenvalue weighted by molar-refractivity contribution is -0.235. The summed E-state index contributed by atoms with van der Waals surface area (Å²) in [5.41, 5.74) is 1.29. The average Bonchev–Trinajstić information content (AvgIpc) is 2.96. The Bertz CT molecular complexity index is 807. The number of benzene rings is 1. The molecule has 0 bridgehead atoms. The lowest BCUT2D eigenvalue weighted by Crippen LogP contribution is -2.34. The number of aromatic nitrogens is 1. The highest BCUT2D eigenvalue weighted by molar-refractivity contribution is 5.92. The quantitative estimate of drug-likeness (QED) is 0.728. The molecule has 0 aliphatic heterocycles. The van der Waals surface area contributed by atoms with Crippen molar-refractivity contribution in [2.24, 2.45) is 5.41 Å². The van der Waals surface area contributed by atoms with E-state index in [9.17, 15) is 9.90 Å². The summed E-state index contributed by atoms with van der Waals surface area (Å²) in [7, 11) is 5.63. The number of fused-ring (bicyclic) bond motifs is 1. The zero-order valence-corrected chi connectivity index (χ0v) is 17.9. The SMILES string of the molecule is COc1ccc2c(c1)c(CCN(C)C)cn2C(=O)OC(C)OC(O)C(C)(C)C. The first-order chi connectivity index (χ1) is 13.0. The lowest BCUT2D eigenvalue weighted by atomic mass is 9.96. The van der Waals surface area contributed by atoms with Crippen molar-refractivity contribution in [2.45, 2.75) is 46.7 Å². The highest BCUT2D eigenvalue weighted by atomic mass is 16.7. The highest BCUT2D eigenvalue weighted by Crippen LogP contribution is 2.27. The molecule has 1 N–H and O–H groups in total. The van der Waals surface area contributed by atoms with Crippen LogP contribution in [-0.2, 0) is 15.9 Å². The molecule has 0 aliphatic rings. The van der Waals surface area contributed by atoms with Crippen molar-refractivity contribution in [1.29, 1.82) is 0 Å². The fourth-order valence-electron chi connectivity index (χ4n) is 2.71. The molecule has 2 rings (SSSR count).